The Morgan fingerprint density at radius 3 is 2.62 bits per heavy atom. The summed E-state index contributed by atoms with van der Waals surface area (Å²) in [5.74, 6) is 0.241. The second-order valence-corrected chi connectivity index (χ2v) is 5.74. The Hall–Kier alpha value is -1.49. The molecule has 21 heavy (non-hydrogen) atoms. The van der Waals surface area contributed by atoms with Gasteiger partial charge in [0.05, 0.1) is 15.9 Å². The molecule has 0 bridgehead atoms. The Balaban J connectivity index is 2.01. The molecular weight excluding hydrogens is 330 g/mol. The number of carbonyl (C=O) groups is 1. The number of aryl methyl sites for hydroxylation is 3. The van der Waals surface area contributed by atoms with Crippen LogP contribution in [0.1, 0.15) is 37.2 Å². The van der Waals surface area contributed by atoms with E-state index in [2.05, 4.69) is 32.9 Å². The van der Waals surface area contributed by atoms with Crippen molar-refractivity contribution in [2.45, 2.75) is 46.1 Å². The molecule has 0 atom stereocenters. The van der Waals surface area contributed by atoms with Crippen molar-refractivity contribution < 1.29 is 4.79 Å². The first-order valence-corrected chi connectivity index (χ1v) is 8.09. The fourth-order valence-corrected chi connectivity index (χ4v) is 3.00. The van der Waals surface area contributed by atoms with Crippen LogP contribution in [0.15, 0.2) is 29.0 Å². The van der Waals surface area contributed by atoms with Gasteiger partial charge in [-0.05, 0) is 53.4 Å². The van der Waals surface area contributed by atoms with Gasteiger partial charge in [0, 0.05) is 31.8 Å². The molecule has 2 aromatic rings. The van der Waals surface area contributed by atoms with Crippen LogP contribution in [0.3, 0.4) is 0 Å². The molecule has 0 amide bonds. The minimum Gasteiger partial charge on any atom is -0.299 e. The highest BCUT2D eigenvalue weighted by Gasteiger charge is 2.16. The third-order valence-electron chi connectivity index (χ3n) is 3.50. The summed E-state index contributed by atoms with van der Waals surface area (Å²) in [5, 5.41) is 4.53. The van der Waals surface area contributed by atoms with E-state index in [9.17, 15) is 4.79 Å². The maximum absolute atomic E-state index is 12.2. The zero-order valence-electron chi connectivity index (χ0n) is 12.5. The van der Waals surface area contributed by atoms with E-state index in [0.717, 1.165) is 40.8 Å². The molecule has 112 valence electrons. The van der Waals surface area contributed by atoms with Gasteiger partial charge >= 0.3 is 0 Å². The third kappa shape index (κ3) is 4.00. The monoisotopic (exact) mass is 349 g/mol. The number of Topliss-reactive ketones (excluding diaryl/α,β-unsaturated/α-hetero) is 1. The number of hydrogen-bond donors (Lipinski definition) is 0. The first kappa shape index (κ1) is 15.9. The van der Waals surface area contributed by atoms with Gasteiger partial charge < -0.3 is 0 Å². The maximum atomic E-state index is 12.2. The molecule has 0 fully saturated rings. The van der Waals surface area contributed by atoms with Crippen LogP contribution in [-0.2, 0) is 30.6 Å². The Bertz CT molecular complexity index is 607. The van der Waals surface area contributed by atoms with E-state index in [1.54, 1.807) is 12.4 Å². The van der Waals surface area contributed by atoms with Gasteiger partial charge in [0.2, 0.25) is 0 Å². The largest absolute Gasteiger partial charge is 0.299 e. The summed E-state index contributed by atoms with van der Waals surface area (Å²) in [6.45, 7) is 4.90. The van der Waals surface area contributed by atoms with Gasteiger partial charge in [0.1, 0.15) is 5.78 Å². The Kier molecular flexibility index (Phi) is 5.67. The van der Waals surface area contributed by atoms with Crippen LogP contribution >= 0.6 is 15.9 Å². The smallest absolute Gasteiger partial charge is 0.139 e. The summed E-state index contributed by atoms with van der Waals surface area (Å²) >= 11 is 3.58. The van der Waals surface area contributed by atoms with Crippen LogP contribution in [0.25, 0.3) is 0 Å². The molecule has 0 aliphatic carbocycles. The van der Waals surface area contributed by atoms with Crippen molar-refractivity contribution in [1.82, 2.24) is 14.8 Å². The first-order valence-electron chi connectivity index (χ1n) is 7.30. The van der Waals surface area contributed by atoms with Gasteiger partial charge in [-0.15, -0.1) is 0 Å². The number of hydrogen-bond acceptors (Lipinski definition) is 3. The summed E-state index contributed by atoms with van der Waals surface area (Å²) < 4.78 is 2.91. The fourth-order valence-electron chi connectivity index (χ4n) is 2.29. The molecule has 5 heteroatoms. The van der Waals surface area contributed by atoms with E-state index in [1.165, 1.54) is 0 Å². The molecule has 2 heterocycles. The minimum atomic E-state index is 0.241. The molecular formula is C16H20BrN3O. The Morgan fingerprint density at radius 2 is 2.00 bits per heavy atom. The van der Waals surface area contributed by atoms with Crippen LogP contribution in [-0.4, -0.2) is 20.5 Å². The number of nitrogens with zero attached hydrogens (tertiary/aromatic N) is 3. The maximum Gasteiger partial charge on any atom is 0.139 e. The molecule has 0 aromatic carbocycles. The van der Waals surface area contributed by atoms with Crippen LogP contribution < -0.4 is 0 Å². The summed E-state index contributed by atoms with van der Waals surface area (Å²) in [7, 11) is 0. The van der Waals surface area contributed by atoms with Crippen LogP contribution in [0.4, 0.5) is 0 Å². The highest BCUT2D eigenvalue weighted by molar-refractivity contribution is 9.10. The molecule has 0 saturated heterocycles. The number of aromatic nitrogens is 3. The molecule has 0 aliphatic rings. The Morgan fingerprint density at radius 1 is 1.29 bits per heavy atom. The number of pyridine rings is 1. The predicted molar refractivity (Wildman–Crippen MR) is 86.2 cm³/mol. The first-order chi connectivity index (χ1) is 10.2. The van der Waals surface area contributed by atoms with Crippen molar-refractivity contribution in [1.29, 1.82) is 0 Å². The Labute approximate surface area is 133 Å². The zero-order valence-corrected chi connectivity index (χ0v) is 14.1. The predicted octanol–water partition coefficient (Wildman–Crippen LogP) is 3.37. The summed E-state index contributed by atoms with van der Waals surface area (Å²) in [6.07, 6.45) is 6.14. The summed E-state index contributed by atoms with van der Waals surface area (Å²) in [6, 6.07) is 3.91. The van der Waals surface area contributed by atoms with Crippen molar-refractivity contribution >= 4 is 21.7 Å². The van der Waals surface area contributed by atoms with E-state index in [1.807, 2.05) is 23.7 Å². The van der Waals surface area contributed by atoms with Crippen LogP contribution in [0.2, 0.25) is 0 Å². The average molecular weight is 350 g/mol. The SMILES string of the molecule is CCc1nn(CC)c(CC(=O)CCc2ccncc2)c1Br. The molecule has 0 saturated carbocycles. The standard InChI is InChI=1S/C16H20BrN3O/c1-3-14-16(17)15(20(4-2)19-14)11-13(21)6-5-12-7-9-18-10-8-12/h7-10H,3-6,11H2,1-2H3. The lowest BCUT2D eigenvalue weighted by atomic mass is 10.1. The van der Waals surface area contributed by atoms with E-state index in [-0.39, 0.29) is 5.78 Å². The second kappa shape index (κ2) is 7.50. The molecule has 2 aromatic heterocycles. The van der Waals surface area contributed by atoms with Crippen molar-refractivity contribution in [3.8, 4) is 0 Å². The van der Waals surface area contributed by atoms with Gasteiger partial charge in [0.25, 0.3) is 0 Å². The van der Waals surface area contributed by atoms with Crippen LogP contribution in [0.5, 0.6) is 0 Å². The lowest BCUT2D eigenvalue weighted by Crippen LogP contribution is -2.10. The van der Waals surface area contributed by atoms with E-state index in [0.29, 0.717) is 12.8 Å². The van der Waals surface area contributed by atoms with Gasteiger partial charge in [-0.25, -0.2) is 0 Å². The zero-order chi connectivity index (χ0) is 15.2. The molecule has 0 N–H and O–H groups in total. The van der Waals surface area contributed by atoms with Crippen molar-refractivity contribution in [3.63, 3.8) is 0 Å². The van der Waals surface area contributed by atoms with Gasteiger partial charge in [-0.2, -0.15) is 5.10 Å². The number of halogens is 1. The molecule has 0 aliphatic heterocycles. The van der Waals surface area contributed by atoms with Gasteiger partial charge in [-0.1, -0.05) is 6.92 Å². The number of rotatable bonds is 7. The summed E-state index contributed by atoms with van der Waals surface area (Å²) in [5.41, 5.74) is 3.17. The summed E-state index contributed by atoms with van der Waals surface area (Å²) in [4.78, 5) is 16.2. The second-order valence-electron chi connectivity index (χ2n) is 4.95. The van der Waals surface area contributed by atoms with Gasteiger partial charge in [-0.3, -0.25) is 14.5 Å². The van der Waals surface area contributed by atoms with E-state index >= 15 is 0 Å². The van der Waals surface area contributed by atoms with Crippen molar-refractivity contribution in [2.24, 2.45) is 0 Å². The number of ketones is 1. The highest BCUT2D eigenvalue weighted by Crippen LogP contribution is 2.23. The van der Waals surface area contributed by atoms with Gasteiger partial charge in [0.15, 0.2) is 0 Å². The highest BCUT2D eigenvalue weighted by atomic mass is 79.9. The number of carbonyl (C=O) groups excluding carboxylic acids is 1. The third-order valence-corrected chi connectivity index (χ3v) is 4.42. The lowest BCUT2D eigenvalue weighted by Gasteiger charge is -2.05. The molecule has 0 unspecified atom stereocenters. The quantitative estimate of drug-likeness (QED) is 0.769. The average Bonchev–Trinajstić information content (AvgIpc) is 2.82. The molecule has 0 radical (unpaired) electrons. The lowest BCUT2D eigenvalue weighted by molar-refractivity contribution is -0.118. The van der Waals surface area contributed by atoms with Crippen molar-refractivity contribution in [3.05, 3.63) is 46.0 Å². The van der Waals surface area contributed by atoms with Crippen molar-refractivity contribution in [2.75, 3.05) is 0 Å². The topological polar surface area (TPSA) is 47.8 Å². The minimum absolute atomic E-state index is 0.241. The molecule has 4 nitrogen and oxygen atoms in total. The molecule has 0 spiro atoms. The van der Waals surface area contributed by atoms with E-state index in [4.69, 9.17) is 0 Å². The van der Waals surface area contributed by atoms with Crippen LogP contribution in [0, 0.1) is 0 Å². The molecule has 2 rings (SSSR count). The van der Waals surface area contributed by atoms with E-state index < -0.39 is 0 Å². The fraction of sp³-hybridized carbons (Fsp3) is 0.438. The normalized spacial score (nSPS) is 10.8.